The zero-order valence-corrected chi connectivity index (χ0v) is 13.2. The Bertz CT molecular complexity index is 754. The minimum atomic E-state index is -4.86. The first-order valence-corrected chi connectivity index (χ1v) is 8.26. The summed E-state index contributed by atoms with van der Waals surface area (Å²) in [5.74, 6) is 0. The van der Waals surface area contributed by atoms with E-state index in [-0.39, 0.29) is 5.56 Å². The molecular weight excluding hydrogens is 351 g/mol. The second-order valence-electron chi connectivity index (χ2n) is 5.30. The van der Waals surface area contributed by atoms with Crippen LogP contribution in [0.25, 0.3) is 0 Å². The van der Waals surface area contributed by atoms with E-state index in [1.165, 1.54) is 6.92 Å². The monoisotopic (exact) mass is 368 g/mol. The summed E-state index contributed by atoms with van der Waals surface area (Å²) < 4.78 is 21.0. The molecule has 0 aromatic carbocycles. The second-order valence-corrected chi connectivity index (χ2v) is 6.54. The van der Waals surface area contributed by atoms with Crippen LogP contribution in [-0.4, -0.2) is 65.7 Å². The van der Waals surface area contributed by atoms with Crippen LogP contribution in [0.4, 0.5) is 0 Å². The fourth-order valence-corrected chi connectivity index (χ4v) is 2.59. The topological polar surface area (TPSA) is 192 Å². The number of aromatic amines is 1. The predicted octanol–water partition coefficient (Wildman–Crippen LogP) is -3.07. The molecule has 0 spiro atoms. The first-order chi connectivity index (χ1) is 11.0. The summed E-state index contributed by atoms with van der Waals surface area (Å²) in [6.45, 7) is 0.590. The van der Waals surface area contributed by atoms with Crippen LogP contribution < -0.4 is 11.2 Å². The van der Waals surface area contributed by atoms with Crippen molar-refractivity contribution in [2.75, 3.05) is 6.61 Å². The summed E-state index contributed by atoms with van der Waals surface area (Å²) in [5, 5.41) is 29.7. The highest BCUT2D eigenvalue weighted by Crippen LogP contribution is 2.37. The van der Waals surface area contributed by atoms with Crippen molar-refractivity contribution in [3.05, 3.63) is 32.6 Å². The van der Waals surface area contributed by atoms with Crippen LogP contribution in [0.1, 0.15) is 11.8 Å². The molecule has 0 unspecified atom stereocenters. The zero-order valence-electron chi connectivity index (χ0n) is 12.3. The minimum absolute atomic E-state index is 0.119. The summed E-state index contributed by atoms with van der Waals surface area (Å²) in [4.78, 5) is 42.6. The molecule has 2 rings (SSSR count). The Labute approximate surface area is 134 Å². The highest BCUT2D eigenvalue weighted by Gasteiger charge is 2.45. The molecule has 1 aromatic heterocycles. The minimum Gasteiger partial charge on any atom is -0.387 e. The van der Waals surface area contributed by atoms with Crippen LogP contribution >= 0.6 is 7.82 Å². The summed E-state index contributed by atoms with van der Waals surface area (Å²) >= 11 is 0. The van der Waals surface area contributed by atoms with Gasteiger partial charge in [-0.15, -0.1) is 0 Å². The van der Waals surface area contributed by atoms with E-state index in [0.717, 1.165) is 10.8 Å². The van der Waals surface area contributed by atoms with Crippen LogP contribution in [0.3, 0.4) is 0 Å². The van der Waals surface area contributed by atoms with Crippen molar-refractivity contribution in [3.8, 4) is 0 Å². The van der Waals surface area contributed by atoms with Crippen LogP contribution in [0.5, 0.6) is 0 Å². The fraction of sp³-hybridized carbons (Fsp3) is 0.636. The normalized spacial score (nSPS) is 31.2. The molecule has 5 atom stereocenters. The van der Waals surface area contributed by atoms with Gasteiger partial charge in [-0.3, -0.25) is 18.9 Å². The molecule has 2 heterocycles. The molecule has 6 N–H and O–H groups in total. The lowest BCUT2D eigenvalue weighted by Gasteiger charge is -2.40. The number of phosphoric ester groups is 1. The third-order valence-corrected chi connectivity index (χ3v) is 4.00. The lowest BCUT2D eigenvalue weighted by atomic mass is 9.98. The van der Waals surface area contributed by atoms with Crippen LogP contribution in [0.15, 0.2) is 15.8 Å². The Hall–Kier alpha value is -1.37. The predicted molar refractivity (Wildman–Crippen MR) is 76.0 cm³/mol. The molecular formula is C11H17N2O10P. The summed E-state index contributed by atoms with van der Waals surface area (Å²) in [5.41, 5.74) is -1.47. The molecule has 0 saturated carbocycles. The molecule has 0 radical (unpaired) electrons. The molecule has 1 aliphatic rings. The van der Waals surface area contributed by atoms with Gasteiger partial charge >= 0.3 is 13.5 Å². The lowest BCUT2D eigenvalue weighted by Crippen LogP contribution is -2.58. The number of aromatic nitrogens is 2. The molecule has 24 heavy (non-hydrogen) atoms. The lowest BCUT2D eigenvalue weighted by molar-refractivity contribution is -0.251. The van der Waals surface area contributed by atoms with Crippen molar-refractivity contribution in [3.63, 3.8) is 0 Å². The van der Waals surface area contributed by atoms with Crippen LogP contribution in [-0.2, 0) is 13.8 Å². The Morgan fingerprint density at radius 2 is 1.88 bits per heavy atom. The standard InChI is InChI=1S/C11H17N2O10P/c1-4-2-13(11(18)12-9(4)17)10-8(16)7(15)6(14)5(23-10)3-22-24(19,20)21/h2,5-8,10,14-16H,3H2,1H3,(H,12,17,18)(H2,19,20,21)/t5-,6-,7+,8-,10-/m1/s1. The zero-order chi connectivity index (χ0) is 18.2. The van der Waals surface area contributed by atoms with Crippen molar-refractivity contribution >= 4 is 7.82 Å². The number of H-pyrrole nitrogens is 1. The van der Waals surface area contributed by atoms with Gasteiger partial charge in [0.1, 0.15) is 24.4 Å². The van der Waals surface area contributed by atoms with Gasteiger partial charge in [-0.2, -0.15) is 0 Å². The van der Waals surface area contributed by atoms with E-state index in [1.807, 2.05) is 4.98 Å². The van der Waals surface area contributed by atoms with Gasteiger partial charge in [-0.1, -0.05) is 0 Å². The van der Waals surface area contributed by atoms with Gasteiger partial charge in [0.15, 0.2) is 6.23 Å². The van der Waals surface area contributed by atoms with Crippen LogP contribution in [0.2, 0.25) is 0 Å². The maximum Gasteiger partial charge on any atom is 0.469 e. The van der Waals surface area contributed by atoms with Crippen molar-refractivity contribution in [1.29, 1.82) is 0 Å². The van der Waals surface area contributed by atoms with Gasteiger partial charge in [0.2, 0.25) is 0 Å². The summed E-state index contributed by atoms with van der Waals surface area (Å²) in [6.07, 6.45) is -7.12. The van der Waals surface area contributed by atoms with Gasteiger partial charge in [0.05, 0.1) is 6.61 Å². The van der Waals surface area contributed by atoms with E-state index in [4.69, 9.17) is 14.5 Å². The maximum absolute atomic E-state index is 11.9. The highest BCUT2D eigenvalue weighted by molar-refractivity contribution is 7.46. The smallest absolute Gasteiger partial charge is 0.387 e. The average Bonchev–Trinajstić information content (AvgIpc) is 2.47. The van der Waals surface area contributed by atoms with Crippen LogP contribution in [0, 0.1) is 6.92 Å². The summed E-state index contributed by atoms with van der Waals surface area (Å²) in [7, 11) is -4.86. The number of hydrogen-bond donors (Lipinski definition) is 6. The third kappa shape index (κ3) is 3.99. The molecule has 1 aromatic rings. The van der Waals surface area contributed by atoms with Gasteiger partial charge in [-0.25, -0.2) is 9.36 Å². The van der Waals surface area contributed by atoms with E-state index in [2.05, 4.69) is 4.52 Å². The first-order valence-electron chi connectivity index (χ1n) is 6.73. The average molecular weight is 368 g/mol. The first kappa shape index (κ1) is 19.0. The van der Waals surface area contributed by atoms with E-state index in [0.29, 0.717) is 0 Å². The number of aryl methyl sites for hydroxylation is 1. The molecule has 136 valence electrons. The second kappa shape index (κ2) is 6.86. The molecule has 0 amide bonds. The van der Waals surface area contributed by atoms with Crippen molar-refractivity contribution in [1.82, 2.24) is 9.55 Å². The molecule has 12 nitrogen and oxygen atoms in total. The number of aliphatic hydroxyl groups excluding tert-OH is 3. The number of ether oxygens (including phenoxy) is 1. The van der Waals surface area contributed by atoms with E-state index in [1.54, 1.807) is 0 Å². The van der Waals surface area contributed by atoms with Crippen molar-refractivity contribution in [2.24, 2.45) is 0 Å². The molecule has 1 fully saturated rings. The Kier molecular flexibility index (Phi) is 5.42. The maximum atomic E-state index is 11.9. The fourth-order valence-electron chi connectivity index (χ4n) is 2.24. The number of nitrogens with one attached hydrogen (secondary N) is 1. The summed E-state index contributed by atoms with van der Waals surface area (Å²) in [6, 6.07) is 0. The quantitative estimate of drug-likeness (QED) is 0.297. The van der Waals surface area contributed by atoms with E-state index in [9.17, 15) is 29.5 Å². The Morgan fingerprint density at radius 3 is 2.46 bits per heavy atom. The largest absolute Gasteiger partial charge is 0.469 e. The number of phosphoric acid groups is 1. The number of hydrogen-bond acceptors (Lipinski definition) is 8. The van der Waals surface area contributed by atoms with Gasteiger partial charge in [0, 0.05) is 11.8 Å². The molecule has 1 saturated heterocycles. The Morgan fingerprint density at radius 1 is 1.25 bits per heavy atom. The molecule has 0 bridgehead atoms. The van der Waals surface area contributed by atoms with Gasteiger partial charge in [-0.05, 0) is 6.92 Å². The third-order valence-electron chi connectivity index (χ3n) is 3.51. The van der Waals surface area contributed by atoms with Crippen molar-refractivity contribution in [2.45, 2.75) is 37.6 Å². The number of nitrogens with zero attached hydrogens (tertiary/aromatic N) is 1. The van der Waals surface area contributed by atoms with E-state index >= 15 is 0 Å². The Balaban J connectivity index is 2.32. The van der Waals surface area contributed by atoms with Gasteiger partial charge in [0.25, 0.3) is 5.56 Å². The molecule has 0 aliphatic carbocycles. The van der Waals surface area contributed by atoms with Gasteiger partial charge < -0.3 is 29.8 Å². The van der Waals surface area contributed by atoms with Crippen molar-refractivity contribution < 1.29 is 38.9 Å². The highest BCUT2D eigenvalue weighted by atomic mass is 31.2. The number of rotatable bonds is 4. The molecule has 1 aliphatic heterocycles. The van der Waals surface area contributed by atoms with E-state index < -0.39 is 56.3 Å². The SMILES string of the molecule is Cc1cn([C@@H]2O[C@H](COP(=O)(O)O)[C@@H](O)[C@H](O)[C@H]2O)c(=O)[nH]c1=O. The molecule has 13 heteroatoms. The number of aliphatic hydroxyl groups is 3.